The van der Waals surface area contributed by atoms with Crippen molar-refractivity contribution in [2.24, 2.45) is 0 Å². The first-order valence-electron chi connectivity index (χ1n) is 9.75. The minimum absolute atomic E-state index is 0.425. The van der Waals surface area contributed by atoms with E-state index in [4.69, 9.17) is 26.7 Å². The number of furan rings is 1. The molecule has 0 saturated heterocycles. The number of nitrogen functional groups attached to an aromatic ring is 1. The monoisotopic (exact) mass is 450 g/mol. The Balaban J connectivity index is 1.50. The summed E-state index contributed by atoms with van der Waals surface area (Å²) in [5.41, 5.74) is 7.41. The zero-order valence-corrected chi connectivity index (χ0v) is 18.1. The third kappa shape index (κ3) is 4.26. The van der Waals surface area contributed by atoms with Crippen molar-refractivity contribution in [3.05, 3.63) is 81.7 Å². The number of hydrogen-bond acceptors (Lipinski definition) is 7. The minimum atomic E-state index is 0.425. The highest BCUT2D eigenvalue weighted by Crippen LogP contribution is 2.23. The van der Waals surface area contributed by atoms with Crippen LogP contribution in [0, 0.1) is 0 Å². The first-order chi connectivity index (χ1) is 15.2. The van der Waals surface area contributed by atoms with Gasteiger partial charge in [0.2, 0.25) is 5.82 Å². The molecule has 31 heavy (non-hydrogen) atoms. The largest absolute Gasteiger partial charge is 0.461 e. The maximum atomic E-state index is 6.31. The summed E-state index contributed by atoms with van der Waals surface area (Å²) in [5.74, 6) is 2.63. The topological polar surface area (TPSA) is 85.5 Å². The van der Waals surface area contributed by atoms with Crippen LogP contribution >= 0.6 is 22.9 Å². The minimum Gasteiger partial charge on any atom is -0.461 e. The molecule has 0 aliphatic rings. The van der Waals surface area contributed by atoms with E-state index in [9.17, 15) is 0 Å². The maximum absolute atomic E-state index is 6.31. The van der Waals surface area contributed by atoms with Crippen molar-refractivity contribution in [2.75, 3.05) is 17.2 Å². The van der Waals surface area contributed by atoms with Crippen LogP contribution in [0.4, 0.5) is 11.6 Å². The molecule has 0 bridgehead atoms. The SMILES string of the molecule is Nc1cc(N(CCc2cccs2)Cc2cccc(Cl)c2)nc2nc(-c3ccco3)nn12. The molecule has 4 heterocycles. The van der Waals surface area contributed by atoms with Crippen molar-refractivity contribution < 1.29 is 4.42 Å². The fraction of sp³-hybridized carbons (Fsp3) is 0.136. The second-order valence-corrected chi connectivity index (χ2v) is 8.51. The van der Waals surface area contributed by atoms with Crippen molar-refractivity contribution >= 4 is 40.4 Å². The second kappa shape index (κ2) is 8.41. The van der Waals surface area contributed by atoms with E-state index >= 15 is 0 Å². The van der Waals surface area contributed by atoms with Gasteiger partial charge in [0, 0.05) is 29.1 Å². The molecule has 0 radical (unpaired) electrons. The third-order valence-corrected chi connectivity index (χ3v) is 6.03. The van der Waals surface area contributed by atoms with Crippen LogP contribution in [0.5, 0.6) is 0 Å². The van der Waals surface area contributed by atoms with Gasteiger partial charge in [0.05, 0.1) is 6.26 Å². The van der Waals surface area contributed by atoms with Crippen LogP contribution in [0.15, 0.2) is 70.7 Å². The Bertz CT molecular complexity index is 1300. The Morgan fingerprint density at radius 3 is 2.81 bits per heavy atom. The van der Waals surface area contributed by atoms with Crippen molar-refractivity contribution in [3.63, 3.8) is 0 Å². The molecule has 0 aliphatic heterocycles. The molecule has 1 aromatic carbocycles. The normalized spacial score (nSPS) is 11.3. The second-order valence-electron chi connectivity index (χ2n) is 7.04. The molecular formula is C22H19ClN6OS. The average Bonchev–Trinajstić information content (AvgIpc) is 3.52. The summed E-state index contributed by atoms with van der Waals surface area (Å²) in [6, 6.07) is 17.5. The fourth-order valence-corrected chi connectivity index (χ4v) is 4.29. The van der Waals surface area contributed by atoms with E-state index in [2.05, 4.69) is 38.6 Å². The molecular weight excluding hydrogens is 432 g/mol. The molecule has 156 valence electrons. The lowest BCUT2D eigenvalue weighted by molar-refractivity contribution is 0.577. The van der Waals surface area contributed by atoms with Crippen LogP contribution in [0.3, 0.4) is 0 Å². The highest BCUT2D eigenvalue weighted by atomic mass is 35.5. The Morgan fingerprint density at radius 1 is 1.10 bits per heavy atom. The van der Waals surface area contributed by atoms with Crippen LogP contribution in [-0.4, -0.2) is 26.1 Å². The number of hydrogen-bond donors (Lipinski definition) is 1. The lowest BCUT2D eigenvalue weighted by Crippen LogP contribution is -2.26. The summed E-state index contributed by atoms with van der Waals surface area (Å²) in [6.45, 7) is 1.42. The highest BCUT2D eigenvalue weighted by Gasteiger charge is 2.17. The molecule has 0 spiro atoms. The molecule has 0 saturated carbocycles. The molecule has 0 amide bonds. The molecule has 5 aromatic rings. The van der Waals surface area contributed by atoms with Gasteiger partial charge in [-0.2, -0.15) is 14.5 Å². The van der Waals surface area contributed by atoms with Gasteiger partial charge >= 0.3 is 0 Å². The van der Waals surface area contributed by atoms with Gasteiger partial charge in [-0.1, -0.05) is 29.8 Å². The zero-order chi connectivity index (χ0) is 21.2. The van der Waals surface area contributed by atoms with Gasteiger partial charge in [0.15, 0.2) is 5.76 Å². The molecule has 2 N–H and O–H groups in total. The standard InChI is InChI=1S/C22H19ClN6OS/c23-16-5-1-4-15(12-16)14-28(9-8-17-6-3-11-31-17)20-13-19(24)29-22(25-20)26-21(27-29)18-7-2-10-30-18/h1-7,10-13H,8-9,14,24H2. The van der Waals surface area contributed by atoms with E-state index in [0.29, 0.717) is 34.7 Å². The number of thiophene rings is 1. The summed E-state index contributed by atoms with van der Waals surface area (Å²) in [6.07, 6.45) is 2.48. The number of anilines is 2. The Kier molecular flexibility index (Phi) is 5.31. The zero-order valence-electron chi connectivity index (χ0n) is 16.5. The van der Waals surface area contributed by atoms with Crippen molar-refractivity contribution in [1.82, 2.24) is 19.6 Å². The smallest absolute Gasteiger partial charge is 0.256 e. The third-order valence-electron chi connectivity index (χ3n) is 4.86. The fourth-order valence-electron chi connectivity index (χ4n) is 3.38. The van der Waals surface area contributed by atoms with Crippen LogP contribution < -0.4 is 10.6 Å². The molecule has 5 rings (SSSR count). The first kappa shape index (κ1) is 19.6. The first-order valence-corrected chi connectivity index (χ1v) is 11.0. The molecule has 4 aromatic heterocycles. The van der Waals surface area contributed by atoms with Gasteiger partial charge in [0.25, 0.3) is 5.78 Å². The van der Waals surface area contributed by atoms with E-state index < -0.39 is 0 Å². The van der Waals surface area contributed by atoms with E-state index in [1.54, 1.807) is 29.7 Å². The number of nitrogens with two attached hydrogens (primary N) is 1. The number of benzene rings is 1. The van der Waals surface area contributed by atoms with Crippen molar-refractivity contribution in [2.45, 2.75) is 13.0 Å². The van der Waals surface area contributed by atoms with Gasteiger partial charge in [0.1, 0.15) is 11.6 Å². The Hall–Kier alpha value is -3.36. The number of halogens is 1. The van der Waals surface area contributed by atoms with E-state index in [1.807, 2.05) is 24.3 Å². The van der Waals surface area contributed by atoms with Crippen molar-refractivity contribution in [1.29, 1.82) is 0 Å². The van der Waals surface area contributed by atoms with Gasteiger partial charge in [-0.15, -0.1) is 16.4 Å². The summed E-state index contributed by atoms with van der Waals surface area (Å²) >= 11 is 7.95. The Labute approximate surface area is 187 Å². The number of nitrogens with zero attached hydrogens (tertiary/aromatic N) is 5. The lowest BCUT2D eigenvalue weighted by Gasteiger charge is -2.24. The van der Waals surface area contributed by atoms with Crippen LogP contribution in [0.2, 0.25) is 5.02 Å². The molecule has 0 fully saturated rings. The van der Waals surface area contributed by atoms with Gasteiger partial charge in [-0.05, 0) is 47.7 Å². The van der Waals surface area contributed by atoms with Gasteiger partial charge < -0.3 is 15.1 Å². The number of rotatable bonds is 7. The van der Waals surface area contributed by atoms with Gasteiger partial charge in [-0.25, -0.2) is 0 Å². The van der Waals surface area contributed by atoms with Crippen LogP contribution in [0.1, 0.15) is 10.4 Å². The molecule has 0 unspecified atom stereocenters. The van der Waals surface area contributed by atoms with E-state index in [-0.39, 0.29) is 0 Å². The molecule has 9 heteroatoms. The summed E-state index contributed by atoms with van der Waals surface area (Å²) in [7, 11) is 0. The number of aromatic nitrogens is 4. The maximum Gasteiger partial charge on any atom is 0.256 e. The number of fused-ring (bicyclic) bond motifs is 1. The molecule has 0 atom stereocenters. The van der Waals surface area contributed by atoms with Crippen LogP contribution in [-0.2, 0) is 13.0 Å². The van der Waals surface area contributed by atoms with E-state index in [0.717, 1.165) is 24.3 Å². The molecule has 0 aliphatic carbocycles. The predicted octanol–water partition coefficient (Wildman–Crippen LogP) is 4.93. The van der Waals surface area contributed by atoms with Crippen LogP contribution in [0.25, 0.3) is 17.4 Å². The summed E-state index contributed by atoms with van der Waals surface area (Å²) in [4.78, 5) is 12.8. The lowest BCUT2D eigenvalue weighted by atomic mass is 10.2. The highest BCUT2D eigenvalue weighted by molar-refractivity contribution is 7.09. The van der Waals surface area contributed by atoms with Crippen molar-refractivity contribution in [3.8, 4) is 11.6 Å². The summed E-state index contributed by atoms with van der Waals surface area (Å²) in [5, 5.41) is 7.22. The summed E-state index contributed by atoms with van der Waals surface area (Å²) < 4.78 is 6.93. The Morgan fingerprint density at radius 2 is 2.03 bits per heavy atom. The predicted molar refractivity (Wildman–Crippen MR) is 123 cm³/mol. The van der Waals surface area contributed by atoms with Gasteiger partial charge in [-0.3, -0.25) is 0 Å². The quantitative estimate of drug-likeness (QED) is 0.378. The average molecular weight is 451 g/mol. The van der Waals surface area contributed by atoms with E-state index in [1.165, 1.54) is 9.39 Å². The molecule has 7 nitrogen and oxygen atoms in total.